The SMILES string of the molecule is CCn1cc(OCCC(C)CCS(N)(=O)=O)cn1. The molecule has 0 aromatic carbocycles. The Hall–Kier alpha value is -1.08. The molecule has 0 bridgehead atoms. The van der Waals surface area contributed by atoms with Crippen LogP contribution in [0.25, 0.3) is 0 Å². The summed E-state index contributed by atoms with van der Waals surface area (Å²) in [5.74, 6) is 1.04. The topological polar surface area (TPSA) is 87.2 Å². The highest BCUT2D eigenvalue weighted by Gasteiger charge is 2.08. The highest BCUT2D eigenvalue weighted by atomic mass is 32.2. The van der Waals surface area contributed by atoms with Gasteiger partial charge in [-0.1, -0.05) is 6.92 Å². The maximum Gasteiger partial charge on any atom is 0.209 e. The summed E-state index contributed by atoms with van der Waals surface area (Å²) in [6.07, 6.45) is 4.89. The molecule has 0 aliphatic heterocycles. The van der Waals surface area contributed by atoms with Crippen LogP contribution in [0.2, 0.25) is 0 Å². The average molecular weight is 275 g/mol. The quantitative estimate of drug-likeness (QED) is 0.766. The molecule has 0 amide bonds. The van der Waals surface area contributed by atoms with E-state index in [0.29, 0.717) is 13.0 Å². The Bertz CT molecular complexity index is 456. The summed E-state index contributed by atoms with van der Waals surface area (Å²) < 4.78 is 28.9. The van der Waals surface area contributed by atoms with E-state index >= 15 is 0 Å². The lowest BCUT2D eigenvalue weighted by atomic mass is 10.1. The standard InChI is InChI=1S/C11H21N3O3S/c1-3-14-9-11(8-13-14)17-6-4-10(2)5-7-18(12,15)16/h8-10H,3-7H2,1-2H3,(H2,12,15,16). The first kappa shape index (κ1) is 15.0. The number of aryl methyl sites for hydroxylation is 1. The van der Waals surface area contributed by atoms with Crippen LogP contribution >= 0.6 is 0 Å². The lowest BCUT2D eigenvalue weighted by molar-refractivity contribution is 0.281. The Morgan fingerprint density at radius 1 is 1.50 bits per heavy atom. The molecule has 0 saturated heterocycles. The number of nitrogens with two attached hydrogens (primary N) is 1. The van der Waals surface area contributed by atoms with Crippen molar-refractivity contribution in [1.29, 1.82) is 0 Å². The second-order valence-electron chi connectivity index (χ2n) is 4.43. The third-order valence-electron chi connectivity index (χ3n) is 2.71. The summed E-state index contributed by atoms with van der Waals surface area (Å²) in [5, 5.41) is 9.05. The Morgan fingerprint density at radius 3 is 2.78 bits per heavy atom. The van der Waals surface area contributed by atoms with E-state index in [1.807, 2.05) is 20.0 Å². The number of sulfonamides is 1. The third kappa shape index (κ3) is 6.02. The zero-order chi connectivity index (χ0) is 13.6. The molecule has 6 nitrogen and oxygen atoms in total. The summed E-state index contributed by atoms with van der Waals surface area (Å²) in [5.41, 5.74) is 0. The summed E-state index contributed by atoms with van der Waals surface area (Å²) in [7, 11) is -3.35. The molecule has 1 aromatic rings. The van der Waals surface area contributed by atoms with Gasteiger partial charge in [0.2, 0.25) is 10.0 Å². The van der Waals surface area contributed by atoms with Crippen molar-refractivity contribution in [1.82, 2.24) is 9.78 Å². The molecule has 1 aromatic heterocycles. The van der Waals surface area contributed by atoms with E-state index in [1.54, 1.807) is 10.9 Å². The van der Waals surface area contributed by atoms with Crippen molar-refractivity contribution in [3.8, 4) is 5.75 Å². The van der Waals surface area contributed by atoms with Gasteiger partial charge in [0.1, 0.15) is 0 Å². The fourth-order valence-electron chi connectivity index (χ4n) is 1.48. The molecule has 1 heterocycles. The lowest BCUT2D eigenvalue weighted by Gasteiger charge is -2.10. The molecule has 1 unspecified atom stereocenters. The number of hydrogen-bond donors (Lipinski definition) is 1. The molecule has 18 heavy (non-hydrogen) atoms. The maximum absolute atomic E-state index is 10.8. The molecule has 0 saturated carbocycles. The number of hydrogen-bond acceptors (Lipinski definition) is 4. The molecule has 104 valence electrons. The Kier molecular flexibility index (Phi) is 5.61. The molecule has 7 heteroatoms. The molecule has 2 N–H and O–H groups in total. The van der Waals surface area contributed by atoms with Crippen LogP contribution in [0.3, 0.4) is 0 Å². The third-order valence-corrected chi connectivity index (χ3v) is 3.51. The first-order valence-corrected chi connectivity index (χ1v) is 7.78. The first-order chi connectivity index (χ1) is 8.40. The number of primary sulfonamides is 1. The van der Waals surface area contributed by atoms with E-state index in [4.69, 9.17) is 9.88 Å². The van der Waals surface area contributed by atoms with Gasteiger partial charge in [0.15, 0.2) is 5.75 Å². The molecule has 1 atom stereocenters. The van der Waals surface area contributed by atoms with Crippen molar-refractivity contribution in [3.63, 3.8) is 0 Å². The predicted octanol–water partition coefficient (Wildman–Crippen LogP) is 0.987. The van der Waals surface area contributed by atoms with E-state index in [2.05, 4.69) is 5.10 Å². The normalized spacial score (nSPS) is 13.5. The van der Waals surface area contributed by atoms with Crippen LogP contribution in [0.5, 0.6) is 5.75 Å². The maximum atomic E-state index is 10.8. The average Bonchev–Trinajstić information content (AvgIpc) is 2.73. The minimum atomic E-state index is -3.35. The van der Waals surface area contributed by atoms with Gasteiger partial charge in [-0.2, -0.15) is 5.10 Å². The molecular weight excluding hydrogens is 254 g/mol. The molecule has 0 aliphatic carbocycles. The summed E-state index contributed by atoms with van der Waals surface area (Å²) >= 11 is 0. The van der Waals surface area contributed by atoms with Crippen LogP contribution in [0.4, 0.5) is 0 Å². The highest BCUT2D eigenvalue weighted by molar-refractivity contribution is 7.89. The van der Waals surface area contributed by atoms with Gasteiger partial charge in [-0.3, -0.25) is 4.68 Å². The zero-order valence-electron chi connectivity index (χ0n) is 10.9. The molecule has 0 aliphatic rings. The zero-order valence-corrected chi connectivity index (χ0v) is 11.7. The smallest absolute Gasteiger partial charge is 0.209 e. The van der Waals surface area contributed by atoms with Gasteiger partial charge in [-0.15, -0.1) is 0 Å². The Morgan fingerprint density at radius 2 is 2.22 bits per heavy atom. The first-order valence-electron chi connectivity index (χ1n) is 6.06. The van der Waals surface area contributed by atoms with Crippen LogP contribution in [0, 0.1) is 5.92 Å². The van der Waals surface area contributed by atoms with Gasteiger partial charge >= 0.3 is 0 Å². The lowest BCUT2D eigenvalue weighted by Crippen LogP contribution is -2.18. The molecule has 0 radical (unpaired) electrons. The molecule has 0 fully saturated rings. The van der Waals surface area contributed by atoms with Gasteiger partial charge in [-0.25, -0.2) is 13.6 Å². The van der Waals surface area contributed by atoms with Gasteiger partial charge in [0.25, 0.3) is 0 Å². The molecule has 1 rings (SSSR count). The van der Waals surface area contributed by atoms with Crippen molar-refractivity contribution in [2.45, 2.75) is 33.2 Å². The number of ether oxygens (including phenoxy) is 1. The van der Waals surface area contributed by atoms with E-state index in [1.165, 1.54) is 0 Å². The van der Waals surface area contributed by atoms with E-state index in [0.717, 1.165) is 18.7 Å². The van der Waals surface area contributed by atoms with Crippen LogP contribution in [0.15, 0.2) is 12.4 Å². The minimum Gasteiger partial charge on any atom is -0.490 e. The number of aromatic nitrogens is 2. The van der Waals surface area contributed by atoms with E-state index < -0.39 is 10.0 Å². The highest BCUT2D eigenvalue weighted by Crippen LogP contribution is 2.12. The molecular formula is C11H21N3O3S. The van der Waals surface area contributed by atoms with Gasteiger partial charge in [0, 0.05) is 6.54 Å². The number of nitrogens with zero attached hydrogens (tertiary/aromatic N) is 2. The number of rotatable bonds is 8. The fourth-order valence-corrected chi connectivity index (χ4v) is 2.21. The van der Waals surface area contributed by atoms with Crippen molar-refractivity contribution >= 4 is 10.0 Å². The minimum absolute atomic E-state index is 0.0297. The monoisotopic (exact) mass is 275 g/mol. The summed E-state index contributed by atoms with van der Waals surface area (Å²) in [4.78, 5) is 0. The van der Waals surface area contributed by atoms with Crippen LogP contribution in [0.1, 0.15) is 26.7 Å². The van der Waals surface area contributed by atoms with Crippen LogP contribution < -0.4 is 9.88 Å². The van der Waals surface area contributed by atoms with Gasteiger partial charge in [-0.05, 0) is 25.7 Å². The second kappa shape index (κ2) is 6.75. The fraction of sp³-hybridized carbons (Fsp3) is 0.727. The van der Waals surface area contributed by atoms with Gasteiger partial charge < -0.3 is 4.74 Å². The molecule has 0 spiro atoms. The van der Waals surface area contributed by atoms with Crippen molar-refractivity contribution in [2.24, 2.45) is 11.1 Å². The largest absolute Gasteiger partial charge is 0.490 e. The predicted molar refractivity (Wildman–Crippen MR) is 69.8 cm³/mol. The van der Waals surface area contributed by atoms with Gasteiger partial charge in [0.05, 0.1) is 24.8 Å². The van der Waals surface area contributed by atoms with Crippen molar-refractivity contribution in [3.05, 3.63) is 12.4 Å². The summed E-state index contributed by atoms with van der Waals surface area (Å²) in [6, 6.07) is 0. The van der Waals surface area contributed by atoms with Crippen LogP contribution in [-0.4, -0.2) is 30.6 Å². The van der Waals surface area contributed by atoms with Crippen molar-refractivity contribution in [2.75, 3.05) is 12.4 Å². The Labute approximate surface area is 108 Å². The Balaban J connectivity index is 2.21. The van der Waals surface area contributed by atoms with Crippen molar-refractivity contribution < 1.29 is 13.2 Å². The summed E-state index contributed by atoms with van der Waals surface area (Å²) in [6.45, 7) is 5.37. The van der Waals surface area contributed by atoms with Crippen LogP contribution in [-0.2, 0) is 16.6 Å². The van der Waals surface area contributed by atoms with E-state index in [-0.39, 0.29) is 11.7 Å². The van der Waals surface area contributed by atoms with E-state index in [9.17, 15) is 8.42 Å². The second-order valence-corrected chi connectivity index (χ2v) is 6.16.